The van der Waals surface area contributed by atoms with Gasteiger partial charge in [0.15, 0.2) is 0 Å². The van der Waals surface area contributed by atoms with Crippen molar-refractivity contribution in [3.8, 4) is 0 Å². The molecule has 1 N–H and O–H groups in total. The van der Waals surface area contributed by atoms with Gasteiger partial charge >= 0.3 is 0 Å². The molecular formula is C8H17N3O. The lowest BCUT2D eigenvalue weighted by Crippen LogP contribution is -2.47. The molecule has 1 amide bonds. The Morgan fingerprint density at radius 3 is 2.50 bits per heavy atom. The number of likely N-dealkylation sites (N-methyl/N-ethyl adjacent to an activating group) is 1. The van der Waals surface area contributed by atoms with Crippen LogP contribution in [0, 0.1) is 0 Å². The number of hydrogen-bond donors (Lipinski definition) is 1. The summed E-state index contributed by atoms with van der Waals surface area (Å²) in [5.41, 5.74) is 0. The first kappa shape index (κ1) is 9.48. The van der Waals surface area contributed by atoms with Crippen molar-refractivity contribution in [1.29, 1.82) is 0 Å². The second-order valence-corrected chi connectivity index (χ2v) is 3.09. The molecule has 1 fully saturated rings. The van der Waals surface area contributed by atoms with E-state index in [1.807, 2.05) is 11.9 Å². The molecule has 0 saturated carbocycles. The minimum atomic E-state index is 0.882. The molecule has 0 aromatic heterocycles. The van der Waals surface area contributed by atoms with Gasteiger partial charge in [0.05, 0.1) is 0 Å². The van der Waals surface area contributed by atoms with Crippen LogP contribution in [0.3, 0.4) is 0 Å². The van der Waals surface area contributed by atoms with Crippen molar-refractivity contribution in [3.05, 3.63) is 0 Å². The van der Waals surface area contributed by atoms with E-state index in [9.17, 15) is 4.79 Å². The van der Waals surface area contributed by atoms with Gasteiger partial charge in [0.25, 0.3) is 0 Å². The molecule has 0 aliphatic carbocycles. The summed E-state index contributed by atoms with van der Waals surface area (Å²) in [5, 5.41) is 3.12. The third kappa shape index (κ3) is 2.79. The van der Waals surface area contributed by atoms with Gasteiger partial charge in [0, 0.05) is 39.3 Å². The van der Waals surface area contributed by atoms with Crippen LogP contribution in [0.25, 0.3) is 0 Å². The highest BCUT2D eigenvalue weighted by molar-refractivity contribution is 5.47. The van der Waals surface area contributed by atoms with Gasteiger partial charge in [-0.2, -0.15) is 0 Å². The van der Waals surface area contributed by atoms with Gasteiger partial charge in [-0.05, 0) is 7.05 Å². The van der Waals surface area contributed by atoms with Crippen LogP contribution in [0.5, 0.6) is 0 Å². The van der Waals surface area contributed by atoms with Crippen molar-refractivity contribution < 1.29 is 4.79 Å². The zero-order valence-corrected chi connectivity index (χ0v) is 7.62. The minimum Gasteiger partial charge on any atom is -0.343 e. The molecule has 4 nitrogen and oxygen atoms in total. The maximum absolute atomic E-state index is 10.4. The van der Waals surface area contributed by atoms with E-state index in [-0.39, 0.29) is 0 Å². The Morgan fingerprint density at radius 1 is 1.33 bits per heavy atom. The van der Waals surface area contributed by atoms with Crippen LogP contribution in [0.2, 0.25) is 0 Å². The largest absolute Gasteiger partial charge is 0.343 e. The molecular weight excluding hydrogens is 154 g/mol. The highest BCUT2D eigenvalue weighted by Gasteiger charge is 2.13. The lowest BCUT2D eigenvalue weighted by Gasteiger charge is -2.32. The highest BCUT2D eigenvalue weighted by atomic mass is 16.1. The number of hydrogen-bond acceptors (Lipinski definition) is 3. The third-order valence-electron chi connectivity index (χ3n) is 2.23. The first-order chi connectivity index (χ1) is 5.86. The summed E-state index contributed by atoms with van der Waals surface area (Å²) in [6.07, 6.45) is 0.940. The smallest absolute Gasteiger partial charge is 0.209 e. The quantitative estimate of drug-likeness (QED) is 0.550. The molecule has 1 aliphatic heterocycles. The van der Waals surface area contributed by atoms with Crippen molar-refractivity contribution in [3.63, 3.8) is 0 Å². The van der Waals surface area contributed by atoms with Gasteiger partial charge in [-0.15, -0.1) is 0 Å². The van der Waals surface area contributed by atoms with E-state index in [4.69, 9.17) is 0 Å². The summed E-state index contributed by atoms with van der Waals surface area (Å²) >= 11 is 0. The van der Waals surface area contributed by atoms with Crippen LogP contribution < -0.4 is 5.32 Å². The monoisotopic (exact) mass is 171 g/mol. The standard InChI is InChI=1S/C8H17N3O/c1-9-2-3-10-4-6-11(8-12)7-5-10/h8-9H,2-7H2,1H3. The molecule has 0 atom stereocenters. The van der Waals surface area contributed by atoms with E-state index in [1.54, 1.807) is 0 Å². The molecule has 1 rings (SSSR count). The molecule has 0 unspecified atom stereocenters. The zero-order chi connectivity index (χ0) is 8.81. The normalized spacial score (nSPS) is 19.6. The fraction of sp³-hybridized carbons (Fsp3) is 0.875. The average molecular weight is 171 g/mol. The predicted molar refractivity (Wildman–Crippen MR) is 48.0 cm³/mol. The molecule has 70 valence electrons. The number of carbonyl (C=O) groups excluding carboxylic acids is 1. The summed E-state index contributed by atoms with van der Waals surface area (Å²) in [6.45, 7) is 5.91. The van der Waals surface area contributed by atoms with Gasteiger partial charge in [-0.1, -0.05) is 0 Å². The first-order valence-corrected chi connectivity index (χ1v) is 4.43. The molecule has 0 aromatic rings. The van der Waals surface area contributed by atoms with Gasteiger partial charge in [0.1, 0.15) is 0 Å². The number of nitrogens with one attached hydrogen (secondary N) is 1. The molecule has 0 aromatic carbocycles. The highest BCUT2D eigenvalue weighted by Crippen LogP contribution is 1.97. The Morgan fingerprint density at radius 2 is 2.00 bits per heavy atom. The summed E-state index contributed by atoms with van der Waals surface area (Å²) in [6, 6.07) is 0. The zero-order valence-electron chi connectivity index (χ0n) is 7.62. The Hall–Kier alpha value is -0.610. The van der Waals surface area contributed by atoms with Crippen LogP contribution in [0.15, 0.2) is 0 Å². The molecule has 0 bridgehead atoms. The Bertz CT molecular complexity index is 132. The van der Waals surface area contributed by atoms with E-state index < -0.39 is 0 Å². The van der Waals surface area contributed by atoms with Crippen LogP contribution in [-0.4, -0.2) is 62.5 Å². The van der Waals surface area contributed by atoms with Gasteiger partial charge in [-0.25, -0.2) is 0 Å². The van der Waals surface area contributed by atoms with Crippen molar-refractivity contribution >= 4 is 6.41 Å². The van der Waals surface area contributed by atoms with Crippen molar-refractivity contribution in [1.82, 2.24) is 15.1 Å². The molecule has 1 heterocycles. The Balaban J connectivity index is 2.12. The summed E-state index contributed by atoms with van der Waals surface area (Å²) in [5.74, 6) is 0. The van der Waals surface area contributed by atoms with E-state index in [0.717, 1.165) is 45.7 Å². The van der Waals surface area contributed by atoms with Crippen molar-refractivity contribution in [2.24, 2.45) is 0 Å². The van der Waals surface area contributed by atoms with Crippen LogP contribution in [-0.2, 0) is 4.79 Å². The fourth-order valence-corrected chi connectivity index (χ4v) is 1.36. The molecule has 0 radical (unpaired) electrons. The molecule has 12 heavy (non-hydrogen) atoms. The maximum Gasteiger partial charge on any atom is 0.209 e. The summed E-state index contributed by atoms with van der Waals surface area (Å²) in [4.78, 5) is 14.6. The van der Waals surface area contributed by atoms with Gasteiger partial charge in [-0.3, -0.25) is 9.69 Å². The Labute approximate surface area is 73.5 Å². The van der Waals surface area contributed by atoms with E-state index in [2.05, 4.69) is 10.2 Å². The lowest BCUT2D eigenvalue weighted by molar-refractivity contribution is -0.119. The predicted octanol–water partition coefficient (Wildman–Crippen LogP) is -1.02. The van der Waals surface area contributed by atoms with Crippen LogP contribution in [0.1, 0.15) is 0 Å². The summed E-state index contributed by atoms with van der Waals surface area (Å²) < 4.78 is 0. The fourth-order valence-electron chi connectivity index (χ4n) is 1.36. The SMILES string of the molecule is CNCCN1CCN(C=O)CC1. The number of carbonyl (C=O) groups is 1. The number of rotatable bonds is 4. The van der Waals surface area contributed by atoms with E-state index in [0.29, 0.717) is 0 Å². The van der Waals surface area contributed by atoms with Crippen LogP contribution in [0.4, 0.5) is 0 Å². The first-order valence-electron chi connectivity index (χ1n) is 4.43. The van der Waals surface area contributed by atoms with Gasteiger partial charge in [0.2, 0.25) is 6.41 Å². The molecule has 1 saturated heterocycles. The number of piperazine rings is 1. The third-order valence-corrected chi connectivity index (χ3v) is 2.23. The number of nitrogens with zero attached hydrogens (tertiary/aromatic N) is 2. The summed E-state index contributed by atoms with van der Waals surface area (Å²) in [7, 11) is 1.96. The Kier molecular flexibility index (Phi) is 4.04. The molecule has 0 spiro atoms. The molecule has 1 aliphatic rings. The second-order valence-electron chi connectivity index (χ2n) is 3.09. The average Bonchev–Trinajstić information content (AvgIpc) is 2.15. The van der Waals surface area contributed by atoms with Gasteiger partial charge < -0.3 is 10.2 Å². The topological polar surface area (TPSA) is 35.6 Å². The molecule has 4 heteroatoms. The maximum atomic E-state index is 10.4. The van der Waals surface area contributed by atoms with E-state index >= 15 is 0 Å². The van der Waals surface area contributed by atoms with Crippen molar-refractivity contribution in [2.45, 2.75) is 0 Å². The van der Waals surface area contributed by atoms with Crippen molar-refractivity contribution in [2.75, 3.05) is 46.3 Å². The second kappa shape index (κ2) is 5.11. The minimum absolute atomic E-state index is 0.882. The van der Waals surface area contributed by atoms with E-state index in [1.165, 1.54) is 0 Å². The number of amides is 1. The lowest BCUT2D eigenvalue weighted by atomic mass is 10.3. The van der Waals surface area contributed by atoms with Crippen LogP contribution >= 0.6 is 0 Å².